The zero-order valence-electron chi connectivity index (χ0n) is 15.1. The maximum atomic E-state index is 12.4. The van der Waals surface area contributed by atoms with E-state index in [1.165, 1.54) is 18.3 Å². The maximum Gasteiger partial charge on any atom is 0.358 e. The number of ether oxygens (including phenoxy) is 1. The van der Waals surface area contributed by atoms with Gasteiger partial charge < -0.3 is 10.1 Å². The average molecular weight is 383 g/mol. The largest absolute Gasteiger partial charge is 0.448 e. The second-order valence-corrected chi connectivity index (χ2v) is 7.55. The standard InChI is InChI=1S/C20H21N3O3S/c1-14(17(24)23-20(13-21)10-6-3-7-11-20)26-19(25)16-12-27-18(22-16)15-8-4-2-5-9-15/h2,4-5,8-9,12,14H,3,6-7,10-11H2,1H3,(H,23,24)/t14-/m0/s1. The lowest BCUT2D eigenvalue weighted by atomic mass is 9.83. The molecule has 0 saturated heterocycles. The summed E-state index contributed by atoms with van der Waals surface area (Å²) in [6.07, 6.45) is 3.14. The van der Waals surface area contributed by atoms with Crippen molar-refractivity contribution in [2.75, 3.05) is 0 Å². The van der Waals surface area contributed by atoms with Crippen molar-refractivity contribution in [3.63, 3.8) is 0 Å². The van der Waals surface area contributed by atoms with Crippen LogP contribution in [0.15, 0.2) is 35.7 Å². The van der Waals surface area contributed by atoms with Crippen molar-refractivity contribution in [3.05, 3.63) is 41.4 Å². The molecular formula is C20H21N3O3S. The molecule has 1 amide bonds. The number of amides is 1. The molecule has 1 aliphatic rings. The lowest BCUT2D eigenvalue weighted by Crippen LogP contribution is -2.52. The predicted octanol–water partition coefficient (Wildman–Crippen LogP) is 3.70. The Morgan fingerprint density at radius 1 is 1.26 bits per heavy atom. The Bertz CT molecular complexity index is 851. The third kappa shape index (κ3) is 4.52. The van der Waals surface area contributed by atoms with Gasteiger partial charge in [0.05, 0.1) is 6.07 Å². The molecule has 1 N–H and O–H groups in total. The fourth-order valence-corrected chi connectivity index (χ4v) is 3.91. The molecule has 0 aliphatic heterocycles. The zero-order valence-corrected chi connectivity index (χ0v) is 15.9. The molecule has 0 radical (unpaired) electrons. The summed E-state index contributed by atoms with van der Waals surface area (Å²) in [5.74, 6) is -1.10. The monoisotopic (exact) mass is 383 g/mol. The normalized spacial score (nSPS) is 16.7. The molecule has 140 valence electrons. The van der Waals surface area contributed by atoms with Crippen LogP contribution in [0.4, 0.5) is 0 Å². The van der Waals surface area contributed by atoms with Crippen LogP contribution >= 0.6 is 11.3 Å². The highest BCUT2D eigenvalue weighted by Gasteiger charge is 2.35. The minimum Gasteiger partial charge on any atom is -0.448 e. The molecule has 2 aromatic rings. The van der Waals surface area contributed by atoms with E-state index < -0.39 is 23.5 Å². The molecule has 1 atom stereocenters. The van der Waals surface area contributed by atoms with Crippen LogP contribution in [0.2, 0.25) is 0 Å². The Hall–Kier alpha value is -2.72. The van der Waals surface area contributed by atoms with E-state index in [4.69, 9.17) is 4.74 Å². The van der Waals surface area contributed by atoms with Crippen LogP contribution in [-0.2, 0) is 9.53 Å². The first-order chi connectivity index (χ1) is 13.0. The molecule has 1 aromatic carbocycles. The van der Waals surface area contributed by atoms with Crippen LogP contribution in [0.3, 0.4) is 0 Å². The van der Waals surface area contributed by atoms with Crippen molar-refractivity contribution in [1.82, 2.24) is 10.3 Å². The van der Waals surface area contributed by atoms with Gasteiger partial charge >= 0.3 is 5.97 Å². The van der Waals surface area contributed by atoms with Crippen LogP contribution in [0.5, 0.6) is 0 Å². The Morgan fingerprint density at radius 3 is 2.63 bits per heavy atom. The van der Waals surface area contributed by atoms with E-state index in [0.717, 1.165) is 24.8 Å². The highest BCUT2D eigenvalue weighted by molar-refractivity contribution is 7.13. The number of esters is 1. The number of thiazole rings is 1. The van der Waals surface area contributed by atoms with Crippen molar-refractivity contribution in [2.45, 2.75) is 50.7 Å². The summed E-state index contributed by atoms with van der Waals surface area (Å²) in [4.78, 5) is 29.0. The maximum absolute atomic E-state index is 12.4. The minimum atomic E-state index is -0.994. The summed E-state index contributed by atoms with van der Waals surface area (Å²) in [7, 11) is 0. The number of aromatic nitrogens is 1. The van der Waals surface area contributed by atoms with Gasteiger partial charge in [-0.25, -0.2) is 9.78 Å². The van der Waals surface area contributed by atoms with E-state index in [-0.39, 0.29) is 5.69 Å². The summed E-state index contributed by atoms with van der Waals surface area (Å²) in [6, 6.07) is 11.8. The van der Waals surface area contributed by atoms with Crippen LogP contribution in [-0.4, -0.2) is 28.5 Å². The molecule has 0 bridgehead atoms. The number of carbonyl (C=O) groups is 2. The molecular weight excluding hydrogens is 362 g/mol. The van der Waals surface area contributed by atoms with Gasteiger partial charge in [0, 0.05) is 10.9 Å². The SMILES string of the molecule is C[C@H](OC(=O)c1csc(-c2ccccc2)n1)C(=O)NC1(C#N)CCCCC1. The number of hydrogen-bond acceptors (Lipinski definition) is 6. The molecule has 1 aliphatic carbocycles. The molecule has 7 heteroatoms. The predicted molar refractivity (Wildman–Crippen MR) is 102 cm³/mol. The van der Waals surface area contributed by atoms with Gasteiger partial charge in [0.25, 0.3) is 5.91 Å². The number of rotatable bonds is 5. The van der Waals surface area contributed by atoms with E-state index in [2.05, 4.69) is 16.4 Å². The van der Waals surface area contributed by atoms with Crippen molar-refractivity contribution in [3.8, 4) is 16.6 Å². The van der Waals surface area contributed by atoms with Crippen LogP contribution in [0.1, 0.15) is 49.5 Å². The van der Waals surface area contributed by atoms with Crippen LogP contribution < -0.4 is 5.32 Å². The molecule has 1 heterocycles. The third-order valence-electron chi connectivity index (χ3n) is 4.67. The van der Waals surface area contributed by atoms with Gasteiger partial charge in [0.1, 0.15) is 10.5 Å². The van der Waals surface area contributed by atoms with Gasteiger partial charge in [0.2, 0.25) is 0 Å². The van der Waals surface area contributed by atoms with E-state index in [1.807, 2.05) is 30.3 Å². The molecule has 0 spiro atoms. The van der Waals surface area contributed by atoms with Gasteiger partial charge in [-0.15, -0.1) is 11.3 Å². The smallest absolute Gasteiger partial charge is 0.358 e. The topological polar surface area (TPSA) is 92.1 Å². The van der Waals surface area contributed by atoms with Crippen molar-refractivity contribution in [1.29, 1.82) is 5.26 Å². The molecule has 1 aromatic heterocycles. The number of hydrogen-bond donors (Lipinski definition) is 1. The Kier molecular flexibility index (Phi) is 5.87. The van der Waals surface area contributed by atoms with Gasteiger partial charge in [-0.3, -0.25) is 4.79 Å². The summed E-state index contributed by atoms with van der Waals surface area (Å²) >= 11 is 1.34. The van der Waals surface area contributed by atoms with Gasteiger partial charge in [-0.2, -0.15) is 5.26 Å². The van der Waals surface area contributed by atoms with Gasteiger partial charge in [-0.1, -0.05) is 49.6 Å². The quantitative estimate of drug-likeness (QED) is 0.795. The second-order valence-electron chi connectivity index (χ2n) is 6.70. The highest BCUT2D eigenvalue weighted by atomic mass is 32.1. The van der Waals surface area contributed by atoms with E-state index in [0.29, 0.717) is 17.8 Å². The van der Waals surface area contributed by atoms with Crippen molar-refractivity contribution >= 4 is 23.2 Å². The summed E-state index contributed by atoms with van der Waals surface area (Å²) < 4.78 is 5.26. The molecule has 0 unspecified atom stereocenters. The zero-order chi connectivity index (χ0) is 19.3. The molecule has 1 fully saturated rings. The number of nitrogens with zero attached hydrogens (tertiary/aromatic N) is 2. The fourth-order valence-electron chi connectivity index (χ4n) is 3.11. The van der Waals surface area contributed by atoms with E-state index in [9.17, 15) is 14.9 Å². The Morgan fingerprint density at radius 2 is 1.96 bits per heavy atom. The Labute approximate surface area is 162 Å². The summed E-state index contributed by atoms with van der Waals surface area (Å²) in [5, 5.41) is 14.6. The van der Waals surface area contributed by atoms with E-state index in [1.54, 1.807) is 5.38 Å². The highest BCUT2D eigenvalue weighted by Crippen LogP contribution is 2.28. The Balaban J connectivity index is 1.61. The number of nitriles is 1. The number of nitrogens with one attached hydrogen (secondary N) is 1. The van der Waals surface area contributed by atoms with Gasteiger partial charge in [-0.05, 0) is 19.8 Å². The first-order valence-electron chi connectivity index (χ1n) is 8.98. The van der Waals surface area contributed by atoms with Crippen molar-refractivity contribution in [2.24, 2.45) is 0 Å². The average Bonchev–Trinajstić information content (AvgIpc) is 3.19. The fraction of sp³-hybridized carbons (Fsp3) is 0.400. The lowest BCUT2D eigenvalue weighted by Gasteiger charge is -2.32. The molecule has 1 saturated carbocycles. The van der Waals surface area contributed by atoms with E-state index >= 15 is 0 Å². The summed E-state index contributed by atoms with van der Waals surface area (Å²) in [6.45, 7) is 1.51. The first-order valence-corrected chi connectivity index (χ1v) is 9.86. The number of benzene rings is 1. The first kappa shape index (κ1) is 19.1. The number of carbonyl (C=O) groups excluding carboxylic acids is 2. The van der Waals surface area contributed by atoms with Gasteiger partial charge in [0.15, 0.2) is 11.8 Å². The summed E-state index contributed by atoms with van der Waals surface area (Å²) in [5.41, 5.74) is 0.240. The van der Waals surface area contributed by atoms with Crippen LogP contribution in [0.25, 0.3) is 10.6 Å². The molecule has 27 heavy (non-hydrogen) atoms. The molecule has 6 nitrogen and oxygen atoms in total. The third-order valence-corrected chi connectivity index (χ3v) is 5.56. The minimum absolute atomic E-state index is 0.172. The van der Waals surface area contributed by atoms with Crippen molar-refractivity contribution < 1.29 is 14.3 Å². The van der Waals surface area contributed by atoms with Crippen LogP contribution in [0, 0.1) is 11.3 Å². The lowest BCUT2D eigenvalue weighted by molar-refractivity contribution is -0.130. The second kappa shape index (κ2) is 8.31. The molecule has 3 rings (SSSR count).